The van der Waals surface area contributed by atoms with Gasteiger partial charge in [0.15, 0.2) is 0 Å². The van der Waals surface area contributed by atoms with Crippen LogP contribution >= 0.6 is 0 Å². The molecule has 0 radical (unpaired) electrons. The first-order chi connectivity index (χ1) is 11.1. The molecular formula is C19H22N2O2. The second-order valence-electron chi connectivity index (χ2n) is 5.69. The van der Waals surface area contributed by atoms with Crippen LogP contribution < -0.4 is 10.2 Å². The summed E-state index contributed by atoms with van der Waals surface area (Å²) in [6, 6.07) is 16.8. The average Bonchev–Trinajstić information content (AvgIpc) is 2.59. The fourth-order valence-electron chi connectivity index (χ4n) is 2.17. The van der Waals surface area contributed by atoms with E-state index in [0.717, 1.165) is 23.4 Å². The molecule has 0 heterocycles. The zero-order valence-corrected chi connectivity index (χ0v) is 13.7. The first-order valence-electron chi connectivity index (χ1n) is 7.66. The molecule has 2 aromatic carbocycles. The van der Waals surface area contributed by atoms with Crippen LogP contribution in [0.1, 0.15) is 36.2 Å². The number of nitrogens with zero attached hydrogens (tertiary/aromatic N) is 1. The van der Waals surface area contributed by atoms with Gasteiger partial charge in [-0.25, -0.2) is 5.43 Å². The van der Waals surface area contributed by atoms with Gasteiger partial charge < -0.3 is 4.74 Å². The molecule has 120 valence electrons. The van der Waals surface area contributed by atoms with E-state index < -0.39 is 0 Å². The third-order valence-electron chi connectivity index (χ3n) is 3.35. The van der Waals surface area contributed by atoms with Gasteiger partial charge in [0.25, 0.3) is 5.91 Å². The Morgan fingerprint density at radius 2 is 1.70 bits per heavy atom. The monoisotopic (exact) mass is 310 g/mol. The largest absolute Gasteiger partial charge is 0.497 e. The van der Waals surface area contributed by atoms with Crippen LogP contribution in [0.2, 0.25) is 0 Å². The summed E-state index contributed by atoms with van der Waals surface area (Å²) in [6.07, 6.45) is 0.799. The molecule has 0 aliphatic carbocycles. The van der Waals surface area contributed by atoms with Crippen LogP contribution in [0.5, 0.6) is 5.75 Å². The van der Waals surface area contributed by atoms with Gasteiger partial charge in [0.2, 0.25) is 0 Å². The first-order valence-corrected chi connectivity index (χ1v) is 7.66. The molecule has 2 aromatic rings. The Bertz CT molecular complexity index is 662. The Balaban J connectivity index is 2.14. The number of hydrogen-bond acceptors (Lipinski definition) is 3. The zero-order chi connectivity index (χ0) is 16.7. The number of carbonyl (C=O) groups is 1. The van der Waals surface area contributed by atoms with Crippen LogP contribution in [0.3, 0.4) is 0 Å². The lowest BCUT2D eigenvalue weighted by Gasteiger charge is -2.10. The van der Waals surface area contributed by atoms with Gasteiger partial charge >= 0.3 is 0 Å². The van der Waals surface area contributed by atoms with E-state index in [1.807, 2.05) is 30.3 Å². The van der Waals surface area contributed by atoms with Crippen molar-refractivity contribution in [1.29, 1.82) is 0 Å². The summed E-state index contributed by atoms with van der Waals surface area (Å²) in [5.74, 6) is 0.937. The van der Waals surface area contributed by atoms with Crippen molar-refractivity contribution in [3.05, 3.63) is 65.7 Å². The van der Waals surface area contributed by atoms with Crippen LogP contribution in [0.15, 0.2) is 59.7 Å². The molecule has 0 aromatic heterocycles. The van der Waals surface area contributed by atoms with Gasteiger partial charge in [-0.2, -0.15) is 5.10 Å². The molecule has 1 N–H and O–H groups in total. The van der Waals surface area contributed by atoms with Crippen LogP contribution in [-0.2, 0) is 0 Å². The number of hydrazone groups is 1. The summed E-state index contributed by atoms with van der Waals surface area (Å²) in [4.78, 5) is 12.2. The van der Waals surface area contributed by atoms with Gasteiger partial charge in [-0.3, -0.25) is 4.79 Å². The number of ether oxygens (including phenoxy) is 1. The van der Waals surface area contributed by atoms with Gasteiger partial charge in [-0.1, -0.05) is 44.2 Å². The smallest absolute Gasteiger partial charge is 0.271 e. The van der Waals surface area contributed by atoms with E-state index in [1.165, 1.54) is 0 Å². The van der Waals surface area contributed by atoms with Crippen molar-refractivity contribution in [2.75, 3.05) is 7.11 Å². The molecule has 0 spiro atoms. The molecule has 0 saturated heterocycles. The lowest BCUT2D eigenvalue weighted by molar-refractivity contribution is 0.0954. The van der Waals surface area contributed by atoms with Crippen molar-refractivity contribution < 1.29 is 9.53 Å². The summed E-state index contributed by atoms with van der Waals surface area (Å²) >= 11 is 0. The number of benzene rings is 2. The number of carbonyl (C=O) groups excluding carboxylic acids is 1. The molecule has 0 atom stereocenters. The van der Waals surface area contributed by atoms with Crippen LogP contribution in [0, 0.1) is 5.92 Å². The van der Waals surface area contributed by atoms with Crippen molar-refractivity contribution in [3.63, 3.8) is 0 Å². The lowest BCUT2D eigenvalue weighted by atomic mass is 10.0. The van der Waals surface area contributed by atoms with E-state index in [1.54, 1.807) is 31.4 Å². The van der Waals surface area contributed by atoms with E-state index in [-0.39, 0.29) is 5.91 Å². The summed E-state index contributed by atoms with van der Waals surface area (Å²) in [5.41, 5.74) is 5.10. The van der Waals surface area contributed by atoms with Gasteiger partial charge in [0.05, 0.1) is 12.8 Å². The minimum absolute atomic E-state index is 0.232. The Morgan fingerprint density at radius 3 is 2.26 bits per heavy atom. The summed E-state index contributed by atoms with van der Waals surface area (Å²) in [7, 11) is 1.59. The molecule has 2 rings (SSSR count). The van der Waals surface area contributed by atoms with Crippen LogP contribution in [-0.4, -0.2) is 18.7 Å². The molecule has 1 amide bonds. The van der Waals surface area contributed by atoms with E-state index in [9.17, 15) is 4.79 Å². The van der Waals surface area contributed by atoms with E-state index in [2.05, 4.69) is 24.4 Å². The highest BCUT2D eigenvalue weighted by atomic mass is 16.5. The van der Waals surface area contributed by atoms with E-state index >= 15 is 0 Å². The molecular weight excluding hydrogens is 288 g/mol. The summed E-state index contributed by atoms with van der Waals surface area (Å²) in [6.45, 7) is 4.26. The molecule has 0 fully saturated rings. The molecule has 0 unspecified atom stereocenters. The standard InChI is InChI=1S/C19H22N2O2/c1-14(2)13-18(15-7-5-4-6-8-15)20-21-19(22)16-9-11-17(23-3)12-10-16/h4-12,14H,13H2,1-3H3,(H,21,22). The maximum Gasteiger partial charge on any atom is 0.271 e. The topological polar surface area (TPSA) is 50.7 Å². The molecule has 4 heteroatoms. The van der Waals surface area contributed by atoms with Crippen molar-refractivity contribution in [2.24, 2.45) is 11.0 Å². The molecule has 0 bridgehead atoms. The SMILES string of the molecule is COc1ccc(C(=O)NN=C(CC(C)C)c2ccccc2)cc1. The van der Waals surface area contributed by atoms with Gasteiger partial charge in [-0.05, 0) is 42.2 Å². The highest BCUT2D eigenvalue weighted by Crippen LogP contribution is 2.12. The lowest BCUT2D eigenvalue weighted by Crippen LogP contribution is -2.20. The normalized spacial score (nSPS) is 11.4. The third kappa shape index (κ3) is 4.95. The predicted molar refractivity (Wildman–Crippen MR) is 92.9 cm³/mol. The first kappa shape index (κ1) is 16.7. The van der Waals surface area contributed by atoms with Crippen LogP contribution in [0.25, 0.3) is 0 Å². The molecule has 0 aliphatic heterocycles. The average molecular weight is 310 g/mol. The number of amides is 1. The number of methoxy groups -OCH3 is 1. The minimum atomic E-state index is -0.232. The van der Waals surface area contributed by atoms with Crippen LogP contribution in [0.4, 0.5) is 0 Å². The molecule has 23 heavy (non-hydrogen) atoms. The Hall–Kier alpha value is -2.62. The quantitative estimate of drug-likeness (QED) is 0.650. The van der Waals surface area contributed by atoms with Gasteiger partial charge in [0.1, 0.15) is 5.75 Å². The van der Waals surface area contributed by atoms with Crippen molar-refractivity contribution in [3.8, 4) is 5.75 Å². The van der Waals surface area contributed by atoms with Gasteiger partial charge in [0, 0.05) is 5.56 Å². The summed E-state index contributed by atoms with van der Waals surface area (Å²) < 4.78 is 5.09. The molecule has 0 saturated carbocycles. The summed E-state index contributed by atoms with van der Waals surface area (Å²) in [5, 5.41) is 4.34. The highest BCUT2D eigenvalue weighted by molar-refractivity contribution is 6.02. The fourth-order valence-corrected chi connectivity index (χ4v) is 2.17. The highest BCUT2D eigenvalue weighted by Gasteiger charge is 2.09. The third-order valence-corrected chi connectivity index (χ3v) is 3.35. The Labute approximate surface area is 137 Å². The second kappa shape index (κ2) is 8.13. The molecule has 4 nitrogen and oxygen atoms in total. The van der Waals surface area contributed by atoms with Crippen molar-refractivity contribution in [1.82, 2.24) is 5.43 Å². The van der Waals surface area contributed by atoms with E-state index in [4.69, 9.17) is 4.74 Å². The predicted octanol–water partition coefficient (Wildman–Crippen LogP) is 3.88. The van der Waals surface area contributed by atoms with Crippen molar-refractivity contribution in [2.45, 2.75) is 20.3 Å². The number of rotatable bonds is 6. The number of hydrogen-bond donors (Lipinski definition) is 1. The fraction of sp³-hybridized carbons (Fsp3) is 0.263. The zero-order valence-electron chi connectivity index (χ0n) is 13.7. The minimum Gasteiger partial charge on any atom is -0.497 e. The Kier molecular flexibility index (Phi) is 5.92. The van der Waals surface area contributed by atoms with Crippen molar-refractivity contribution >= 4 is 11.6 Å². The molecule has 0 aliphatic rings. The maximum atomic E-state index is 12.2. The number of nitrogens with one attached hydrogen (secondary N) is 1. The Morgan fingerprint density at radius 1 is 1.04 bits per heavy atom. The van der Waals surface area contributed by atoms with Gasteiger partial charge in [-0.15, -0.1) is 0 Å². The van der Waals surface area contributed by atoms with E-state index in [0.29, 0.717) is 11.5 Å². The maximum absolute atomic E-state index is 12.2. The second-order valence-corrected chi connectivity index (χ2v) is 5.69.